The fourth-order valence-electron chi connectivity index (χ4n) is 4.72. The zero-order valence-electron chi connectivity index (χ0n) is 16.3. The van der Waals surface area contributed by atoms with E-state index < -0.39 is 0 Å². The first-order valence-corrected chi connectivity index (χ1v) is 10.9. The topological polar surface area (TPSA) is 26.6 Å². The fraction of sp³-hybridized carbons (Fsp3) is 0.652. The van der Waals surface area contributed by atoms with Gasteiger partial charge in [0.2, 0.25) is 0 Å². The monoisotopic (exact) mass is 368 g/mol. The van der Waals surface area contributed by atoms with Gasteiger partial charge in [-0.2, -0.15) is 0 Å². The highest BCUT2D eigenvalue weighted by Crippen LogP contribution is 2.34. The summed E-state index contributed by atoms with van der Waals surface area (Å²) < 4.78 is 14.4. The van der Waals surface area contributed by atoms with Crippen molar-refractivity contribution >= 4 is 10.9 Å². The molecule has 146 valence electrons. The van der Waals surface area contributed by atoms with Crippen LogP contribution < -0.4 is 4.74 Å². The third-order valence-corrected chi connectivity index (χ3v) is 6.61. The molecule has 2 saturated heterocycles. The van der Waals surface area contributed by atoms with Crippen LogP contribution in [0.4, 0.5) is 0 Å². The van der Waals surface area contributed by atoms with Gasteiger partial charge in [-0.1, -0.05) is 6.07 Å². The van der Waals surface area contributed by atoms with Crippen LogP contribution in [0.1, 0.15) is 38.5 Å². The minimum atomic E-state index is 0.355. The average molecular weight is 369 g/mol. The van der Waals surface area contributed by atoms with Crippen LogP contribution in [0.2, 0.25) is 0 Å². The first kappa shape index (κ1) is 17.6. The molecular formula is C23H32N2O2. The minimum absolute atomic E-state index is 0.355. The molecule has 1 aromatic heterocycles. The molecule has 3 fully saturated rings. The molecule has 3 aliphatic rings. The lowest BCUT2D eigenvalue weighted by atomic mass is 9.98. The van der Waals surface area contributed by atoms with Crippen LogP contribution in [-0.4, -0.2) is 48.4 Å². The summed E-state index contributed by atoms with van der Waals surface area (Å²) in [6.07, 6.45) is 10.1. The van der Waals surface area contributed by atoms with Crippen molar-refractivity contribution in [2.75, 3.05) is 32.8 Å². The van der Waals surface area contributed by atoms with E-state index in [2.05, 4.69) is 39.9 Å². The summed E-state index contributed by atoms with van der Waals surface area (Å²) in [4.78, 5) is 2.64. The quantitative estimate of drug-likeness (QED) is 0.760. The van der Waals surface area contributed by atoms with E-state index in [-0.39, 0.29) is 0 Å². The van der Waals surface area contributed by atoms with Gasteiger partial charge in [0.25, 0.3) is 0 Å². The maximum absolute atomic E-state index is 6.48. The molecule has 1 aromatic carbocycles. The summed E-state index contributed by atoms with van der Waals surface area (Å²) in [5.41, 5.74) is 1.33. The second kappa shape index (κ2) is 7.84. The molecule has 0 bridgehead atoms. The maximum atomic E-state index is 6.48. The lowest BCUT2D eigenvalue weighted by Crippen LogP contribution is -2.41. The van der Waals surface area contributed by atoms with Crippen LogP contribution in [0.5, 0.6) is 5.75 Å². The molecule has 0 atom stereocenters. The molecular weight excluding hydrogens is 336 g/mol. The van der Waals surface area contributed by atoms with Gasteiger partial charge in [-0.15, -0.1) is 0 Å². The van der Waals surface area contributed by atoms with Crippen molar-refractivity contribution in [1.29, 1.82) is 0 Å². The zero-order chi connectivity index (χ0) is 18.1. The number of likely N-dealkylation sites (tertiary alicyclic amines) is 1. The Labute approximate surface area is 162 Å². The number of aromatic nitrogens is 1. The van der Waals surface area contributed by atoms with E-state index in [4.69, 9.17) is 9.47 Å². The van der Waals surface area contributed by atoms with Crippen molar-refractivity contribution < 1.29 is 9.47 Å². The Bertz CT molecular complexity index is 753. The number of fused-ring (bicyclic) bond motifs is 1. The van der Waals surface area contributed by atoms with Crippen molar-refractivity contribution in [3.05, 3.63) is 30.5 Å². The molecule has 1 saturated carbocycles. The molecule has 3 heterocycles. The SMILES string of the molecule is c1cc(OC2CCN(CC3CCOCC3)CC2)c2ccn(CC3CC3)c2c1. The molecule has 5 rings (SSSR count). The summed E-state index contributed by atoms with van der Waals surface area (Å²) in [5, 5.41) is 1.28. The standard InChI is InChI=1S/C23H32N2O2/c1-2-22-21(8-13-25(22)17-18-4-5-18)23(3-1)27-20-6-11-24(12-7-20)16-19-9-14-26-15-10-19/h1-3,8,13,18-20H,4-7,9-12,14-17H2. The Morgan fingerprint density at radius 3 is 2.44 bits per heavy atom. The van der Waals surface area contributed by atoms with E-state index in [1.165, 1.54) is 56.2 Å². The van der Waals surface area contributed by atoms with Gasteiger partial charge in [0.05, 0.1) is 5.52 Å². The van der Waals surface area contributed by atoms with Crippen LogP contribution in [0.3, 0.4) is 0 Å². The van der Waals surface area contributed by atoms with Gasteiger partial charge >= 0.3 is 0 Å². The Hall–Kier alpha value is -1.52. The van der Waals surface area contributed by atoms with Gasteiger partial charge in [0.15, 0.2) is 0 Å². The second-order valence-electron chi connectivity index (χ2n) is 8.77. The summed E-state index contributed by atoms with van der Waals surface area (Å²) in [6.45, 7) is 6.65. The molecule has 2 aromatic rings. The average Bonchev–Trinajstić information content (AvgIpc) is 3.43. The van der Waals surface area contributed by atoms with Crippen LogP contribution >= 0.6 is 0 Å². The fourth-order valence-corrected chi connectivity index (χ4v) is 4.72. The third kappa shape index (κ3) is 4.17. The van der Waals surface area contributed by atoms with Gasteiger partial charge in [-0.3, -0.25) is 0 Å². The van der Waals surface area contributed by atoms with E-state index in [0.29, 0.717) is 6.10 Å². The summed E-state index contributed by atoms with van der Waals surface area (Å²) >= 11 is 0. The lowest BCUT2D eigenvalue weighted by molar-refractivity contribution is 0.0391. The highest BCUT2D eigenvalue weighted by Gasteiger charge is 2.25. The van der Waals surface area contributed by atoms with Crippen molar-refractivity contribution in [2.45, 2.75) is 51.2 Å². The second-order valence-corrected chi connectivity index (χ2v) is 8.77. The number of nitrogens with zero attached hydrogens (tertiary/aromatic N) is 2. The Morgan fingerprint density at radius 1 is 0.889 bits per heavy atom. The largest absolute Gasteiger partial charge is 0.490 e. The minimum Gasteiger partial charge on any atom is -0.490 e. The normalized spacial score (nSPS) is 23.1. The lowest BCUT2D eigenvalue weighted by Gasteiger charge is -2.35. The smallest absolute Gasteiger partial charge is 0.129 e. The maximum Gasteiger partial charge on any atom is 0.129 e. The molecule has 0 spiro atoms. The van der Waals surface area contributed by atoms with Crippen molar-refractivity contribution in [1.82, 2.24) is 9.47 Å². The summed E-state index contributed by atoms with van der Waals surface area (Å²) in [7, 11) is 0. The molecule has 4 heteroatoms. The Balaban J connectivity index is 1.18. The van der Waals surface area contributed by atoms with Crippen LogP contribution in [0.25, 0.3) is 10.9 Å². The molecule has 4 nitrogen and oxygen atoms in total. The summed E-state index contributed by atoms with van der Waals surface area (Å²) in [5.74, 6) is 2.80. The predicted octanol–water partition coefficient (Wildman–Crippen LogP) is 4.32. The van der Waals surface area contributed by atoms with Gasteiger partial charge in [0.1, 0.15) is 11.9 Å². The number of benzene rings is 1. The molecule has 0 amide bonds. The highest BCUT2D eigenvalue weighted by atomic mass is 16.5. The van der Waals surface area contributed by atoms with Gasteiger partial charge in [0, 0.05) is 51.0 Å². The van der Waals surface area contributed by atoms with Gasteiger partial charge < -0.3 is 18.9 Å². The molecule has 0 radical (unpaired) electrons. The van der Waals surface area contributed by atoms with Crippen molar-refractivity contribution in [3.63, 3.8) is 0 Å². The number of ether oxygens (including phenoxy) is 2. The van der Waals surface area contributed by atoms with E-state index in [0.717, 1.165) is 50.2 Å². The summed E-state index contributed by atoms with van der Waals surface area (Å²) in [6, 6.07) is 8.79. The number of hydrogen-bond acceptors (Lipinski definition) is 3. The van der Waals surface area contributed by atoms with E-state index in [1.54, 1.807) is 0 Å². The first-order valence-electron chi connectivity index (χ1n) is 10.9. The van der Waals surface area contributed by atoms with Crippen LogP contribution in [0, 0.1) is 11.8 Å². The number of piperidine rings is 1. The van der Waals surface area contributed by atoms with Gasteiger partial charge in [-0.05, 0) is 68.6 Å². The highest BCUT2D eigenvalue weighted by molar-refractivity contribution is 5.86. The molecule has 0 unspecified atom stereocenters. The van der Waals surface area contributed by atoms with Crippen molar-refractivity contribution in [2.24, 2.45) is 11.8 Å². The third-order valence-electron chi connectivity index (χ3n) is 6.61. The molecule has 27 heavy (non-hydrogen) atoms. The number of hydrogen-bond donors (Lipinski definition) is 0. The predicted molar refractivity (Wildman–Crippen MR) is 108 cm³/mol. The van der Waals surface area contributed by atoms with Gasteiger partial charge in [-0.25, -0.2) is 0 Å². The molecule has 2 aliphatic heterocycles. The Morgan fingerprint density at radius 2 is 1.67 bits per heavy atom. The molecule has 0 N–H and O–H groups in total. The van der Waals surface area contributed by atoms with E-state index in [1.807, 2.05) is 0 Å². The van der Waals surface area contributed by atoms with Crippen LogP contribution in [-0.2, 0) is 11.3 Å². The van der Waals surface area contributed by atoms with Crippen LogP contribution in [0.15, 0.2) is 30.5 Å². The number of rotatable bonds is 6. The zero-order valence-corrected chi connectivity index (χ0v) is 16.3. The Kier molecular flexibility index (Phi) is 5.10. The van der Waals surface area contributed by atoms with E-state index in [9.17, 15) is 0 Å². The van der Waals surface area contributed by atoms with E-state index >= 15 is 0 Å². The van der Waals surface area contributed by atoms with Crippen molar-refractivity contribution in [3.8, 4) is 5.75 Å². The first-order chi connectivity index (χ1) is 13.3. The molecule has 1 aliphatic carbocycles.